The summed E-state index contributed by atoms with van der Waals surface area (Å²) >= 11 is 0. The number of ketones is 1. The van der Waals surface area contributed by atoms with Gasteiger partial charge in [-0.2, -0.15) is 0 Å². The second-order valence-electron chi connectivity index (χ2n) is 4.66. The minimum absolute atomic E-state index is 0.0958. The molecule has 1 heterocycles. The lowest BCUT2D eigenvalue weighted by atomic mass is 10.0. The van der Waals surface area contributed by atoms with Gasteiger partial charge < -0.3 is 15.8 Å². The van der Waals surface area contributed by atoms with Gasteiger partial charge in [0, 0.05) is 19.4 Å². The van der Waals surface area contributed by atoms with Gasteiger partial charge in [0.2, 0.25) is 5.91 Å². The molecule has 3 N–H and O–H groups in total. The third-order valence-corrected chi connectivity index (χ3v) is 3.09. The van der Waals surface area contributed by atoms with Gasteiger partial charge in [-0.25, -0.2) is 0 Å². The molecule has 0 bridgehead atoms. The highest BCUT2D eigenvalue weighted by Gasteiger charge is 2.27. The van der Waals surface area contributed by atoms with Gasteiger partial charge in [0.1, 0.15) is 5.75 Å². The molecule has 1 unspecified atom stereocenters. The molecule has 0 aromatic heterocycles. The molecule has 1 aliphatic rings. The fourth-order valence-corrected chi connectivity index (χ4v) is 2.10. The number of Topliss-reactive ketones (excluding diaryl/α,β-unsaturated/α-hetero) is 1. The van der Waals surface area contributed by atoms with E-state index in [-0.39, 0.29) is 24.7 Å². The zero-order valence-corrected chi connectivity index (χ0v) is 10.9. The molecule has 5 nitrogen and oxygen atoms in total. The van der Waals surface area contributed by atoms with E-state index in [1.165, 1.54) is 0 Å². The molecule has 19 heavy (non-hydrogen) atoms. The lowest BCUT2D eigenvalue weighted by Crippen LogP contribution is -2.41. The number of amides is 1. The fourth-order valence-electron chi connectivity index (χ4n) is 2.10. The van der Waals surface area contributed by atoms with Crippen molar-refractivity contribution < 1.29 is 14.3 Å². The quantitative estimate of drug-likeness (QED) is 0.844. The van der Waals surface area contributed by atoms with Crippen LogP contribution in [0.4, 0.5) is 0 Å². The van der Waals surface area contributed by atoms with E-state index >= 15 is 0 Å². The molecule has 0 fully saturated rings. The van der Waals surface area contributed by atoms with Crippen LogP contribution in [0, 0.1) is 6.92 Å². The Morgan fingerprint density at radius 1 is 1.53 bits per heavy atom. The van der Waals surface area contributed by atoms with Crippen LogP contribution in [0.25, 0.3) is 0 Å². The number of nitrogens with two attached hydrogens (primary N) is 1. The highest BCUT2D eigenvalue weighted by Crippen LogP contribution is 2.25. The van der Waals surface area contributed by atoms with Crippen molar-refractivity contribution >= 4 is 11.7 Å². The summed E-state index contributed by atoms with van der Waals surface area (Å²) in [4.78, 5) is 24.0. The summed E-state index contributed by atoms with van der Waals surface area (Å²) in [6.07, 6.45) is 0.703. The Labute approximate surface area is 112 Å². The van der Waals surface area contributed by atoms with Crippen LogP contribution < -0.4 is 15.8 Å². The topological polar surface area (TPSA) is 81.4 Å². The minimum Gasteiger partial charge on any atom is -0.493 e. The van der Waals surface area contributed by atoms with Crippen molar-refractivity contribution in [1.82, 2.24) is 5.32 Å². The molecule has 0 spiro atoms. The first kappa shape index (κ1) is 13.5. The van der Waals surface area contributed by atoms with E-state index < -0.39 is 6.04 Å². The van der Waals surface area contributed by atoms with E-state index in [4.69, 9.17) is 10.5 Å². The first-order chi connectivity index (χ1) is 9.11. The van der Waals surface area contributed by atoms with Gasteiger partial charge in [-0.15, -0.1) is 0 Å². The normalized spacial score (nSPS) is 18.2. The Kier molecular flexibility index (Phi) is 4.16. The van der Waals surface area contributed by atoms with Gasteiger partial charge in [-0.1, -0.05) is 11.6 Å². The van der Waals surface area contributed by atoms with E-state index in [1.807, 2.05) is 13.0 Å². The summed E-state index contributed by atoms with van der Waals surface area (Å²) in [5.41, 5.74) is 6.85. The van der Waals surface area contributed by atoms with Crippen LogP contribution in [0.1, 0.15) is 28.8 Å². The summed E-state index contributed by atoms with van der Waals surface area (Å²) in [7, 11) is 0. The maximum Gasteiger partial charge on any atom is 0.221 e. The van der Waals surface area contributed by atoms with Gasteiger partial charge in [0.05, 0.1) is 18.2 Å². The molecular weight excluding hydrogens is 244 g/mol. The third kappa shape index (κ3) is 3.12. The fraction of sp³-hybridized carbons (Fsp3) is 0.429. The number of fused-ring (bicyclic) bond motifs is 1. The highest BCUT2D eigenvalue weighted by atomic mass is 16.5. The van der Waals surface area contributed by atoms with Gasteiger partial charge in [-0.3, -0.25) is 9.59 Å². The Morgan fingerprint density at radius 3 is 3.05 bits per heavy atom. The van der Waals surface area contributed by atoms with Crippen LogP contribution in [0.3, 0.4) is 0 Å². The molecule has 1 amide bonds. The van der Waals surface area contributed by atoms with Crippen LogP contribution in [0.5, 0.6) is 5.75 Å². The summed E-state index contributed by atoms with van der Waals surface area (Å²) < 4.78 is 5.55. The number of ether oxygens (including phenoxy) is 1. The van der Waals surface area contributed by atoms with Gasteiger partial charge >= 0.3 is 0 Å². The average molecular weight is 262 g/mol. The number of benzene rings is 1. The van der Waals surface area contributed by atoms with Crippen molar-refractivity contribution in [3.05, 3.63) is 29.3 Å². The second kappa shape index (κ2) is 5.84. The van der Waals surface area contributed by atoms with Crippen LogP contribution >= 0.6 is 0 Å². The summed E-state index contributed by atoms with van der Waals surface area (Å²) in [6, 6.07) is 4.97. The zero-order valence-electron chi connectivity index (χ0n) is 10.9. The van der Waals surface area contributed by atoms with Crippen molar-refractivity contribution in [2.45, 2.75) is 25.8 Å². The Morgan fingerprint density at radius 2 is 2.32 bits per heavy atom. The van der Waals surface area contributed by atoms with Crippen molar-refractivity contribution in [2.24, 2.45) is 5.73 Å². The van der Waals surface area contributed by atoms with E-state index in [0.29, 0.717) is 24.3 Å². The van der Waals surface area contributed by atoms with Gasteiger partial charge in [0.25, 0.3) is 0 Å². The van der Waals surface area contributed by atoms with E-state index in [0.717, 1.165) is 5.56 Å². The first-order valence-corrected chi connectivity index (χ1v) is 6.39. The average Bonchev–Trinajstić information content (AvgIpc) is 2.51. The number of rotatable bonds is 3. The standard InChI is InChI=1S/C14H18N2O3/c1-9-2-3-12-10(8-9)14(18)11(5-7-19-12)16-13(17)4-6-15/h2-3,8,11H,4-7,15H2,1H3,(H,16,17). The number of carbonyl (C=O) groups excluding carboxylic acids is 2. The van der Waals surface area contributed by atoms with Gasteiger partial charge in [0.15, 0.2) is 5.78 Å². The van der Waals surface area contributed by atoms with Gasteiger partial charge in [-0.05, 0) is 19.1 Å². The first-order valence-electron chi connectivity index (χ1n) is 6.39. The number of carbonyl (C=O) groups is 2. The monoisotopic (exact) mass is 262 g/mol. The van der Waals surface area contributed by atoms with Crippen molar-refractivity contribution in [3.63, 3.8) is 0 Å². The van der Waals surface area contributed by atoms with E-state index in [9.17, 15) is 9.59 Å². The van der Waals surface area contributed by atoms with Crippen LogP contribution in [-0.4, -0.2) is 30.9 Å². The third-order valence-electron chi connectivity index (χ3n) is 3.09. The minimum atomic E-state index is -0.526. The SMILES string of the molecule is Cc1ccc2c(c1)C(=O)C(NC(=O)CCN)CCO2. The van der Waals surface area contributed by atoms with Crippen LogP contribution in [-0.2, 0) is 4.79 Å². The number of hydrogen-bond donors (Lipinski definition) is 2. The molecule has 1 aromatic carbocycles. The maximum absolute atomic E-state index is 12.4. The molecule has 2 rings (SSSR count). The summed E-state index contributed by atoms with van der Waals surface area (Å²) in [5, 5.41) is 2.72. The largest absolute Gasteiger partial charge is 0.493 e. The molecule has 1 aliphatic heterocycles. The number of nitrogens with one attached hydrogen (secondary N) is 1. The van der Waals surface area contributed by atoms with Crippen molar-refractivity contribution in [1.29, 1.82) is 0 Å². The smallest absolute Gasteiger partial charge is 0.221 e. The Balaban J connectivity index is 2.20. The van der Waals surface area contributed by atoms with Crippen molar-refractivity contribution in [3.8, 4) is 5.75 Å². The molecule has 0 radical (unpaired) electrons. The molecule has 0 saturated carbocycles. The summed E-state index contributed by atoms with van der Waals surface area (Å²) in [6.45, 7) is 2.61. The van der Waals surface area contributed by atoms with Crippen LogP contribution in [0.15, 0.2) is 18.2 Å². The van der Waals surface area contributed by atoms with E-state index in [1.54, 1.807) is 12.1 Å². The maximum atomic E-state index is 12.4. The van der Waals surface area contributed by atoms with Crippen LogP contribution in [0.2, 0.25) is 0 Å². The molecule has 0 aliphatic carbocycles. The number of aryl methyl sites for hydroxylation is 1. The highest BCUT2D eigenvalue weighted by molar-refractivity contribution is 6.04. The molecule has 5 heteroatoms. The Hall–Kier alpha value is -1.88. The molecule has 0 saturated heterocycles. The molecular formula is C14H18N2O3. The lowest BCUT2D eigenvalue weighted by Gasteiger charge is -2.14. The molecule has 1 aromatic rings. The predicted octanol–water partition coefficient (Wildman–Crippen LogP) is 0.794. The predicted molar refractivity (Wildman–Crippen MR) is 71.2 cm³/mol. The summed E-state index contributed by atoms with van der Waals surface area (Å²) in [5.74, 6) is 0.296. The number of hydrogen-bond acceptors (Lipinski definition) is 4. The van der Waals surface area contributed by atoms with Crippen molar-refractivity contribution in [2.75, 3.05) is 13.2 Å². The Bertz CT molecular complexity index is 499. The van der Waals surface area contributed by atoms with E-state index in [2.05, 4.69) is 5.32 Å². The zero-order chi connectivity index (χ0) is 13.8. The lowest BCUT2D eigenvalue weighted by molar-refractivity contribution is -0.121. The molecule has 102 valence electrons. The second-order valence-corrected chi connectivity index (χ2v) is 4.66. The molecule has 1 atom stereocenters.